The third-order valence-electron chi connectivity index (χ3n) is 2.33. The van der Waals surface area contributed by atoms with Crippen LogP contribution in [-0.2, 0) is 11.3 Å². The SMILES string of the molecule is O=C1CC(Br)CN1Cc1ccc(Cl)nc1. The van der Waals surface area contributed by atoms with Crippen molar-refractivity contribution < 1.29 is 4.79 Å². The van der Waals surface area contributed by atoms with Crippen LogP contribution in [0.15, 0.2) is 18.3 Å². The molecule has 1 aromatic rings. The molecule has 5 heteroatoms. The highest BCUT2D eigenvalue weighted by molar-refractivity contribution is 9.09. The molecule has 1 fully saturated rings. The van der Waals surface area contributed by atoms with Gasteiger partial charge in [0, 0.05) is 30.5 Å². The third kappa shape index (κ3) is 2.69. The van der Waals surface area contributed by atoms with Crippen LogP contribution in [0, 0.1) is 0 Å². The molecule has 2 heterocycles. The highest BCUT2D eigenvalue weighted by Crippen LogP contribution is 2.20. The molecular formula is C10H10BrClN2O. The molecule has 0 saturated carbocycles. The van der Waals surface area contributed by atoms with Crippen LogP contribution in [0.3, 0.4) is 0 Å². The molecule has 1 aliphatic heterocycles. The number of alkyl halides is 1. The van der Waals surface area contributed by atoms with Gasteiger partial charge in [0.25, 0.3) is 0 Å². The van der Waals surface area contributed by atoms with Gasteiger partial charge >= 0.3 is 0 Å². The van der Waals surface area contributed by atoms with Crippen LogP contribution in [0.5, 0.6) is 0 Å². The Hall–Kier alpha value is -0.610. The number of nitrogens with zero attached hydrogens (tertiary/aromatic N) is 2. The number of hydrogen-bond acceptors (Lipinski definition) is 2. The van der Waals surface area contributed by atoms with E-state index in [0.717, 1.165) is 12.1 Å². The molecule has 3 nitrogen and oxygen atoms in total. The summed E-state index contributed by atoms with van der Waals surface area (Å²) in [6.07, 6.45) is 2.29. The number of likely N-dealkylation sites (tertiary alicyclic amines) is 1. The topological polar surface area (TPSA) is 33.2 Å². The highest BCUT2D eigenvalue weighted by atomic mass is 79.9. The molecule has 1 saturated heterocycles. The second-order valence-electron chi connectivity index (χ2n) is 3.56. The second-order valence-corrected chi connectivity index (χ2v) is 5.25. The standard InChI is InChI=1S/C10H10BrClN2O/c11-8-3-10(15)14(6-8)5-7-1-2-9(12)13-4-7/h1-2,4,8H,3,5-6H2. The van der Waals surface area contributed by atoms with E-state index in [9.17, 15) is 4.79 Å². The van der Waals surface area contributed by atoms with E-state index < -0.39 is 0 Å². The van der Waals surface area contributed by atoms with Crippen LogP contribution < -0.4 is 0 Å². The summed E-state index contributed by atoms with van der Waals surface area (Å²) >= 11 is 9.13. The molecule has 1 amide bonds. The van der Waals surface area contributed by atoms with Gasteiger partial charge in [0.2, 0.25) is 5.91 Å². The average molecular weight is 290 g/mol. The number of hydrogen-bond donors (Lipinski definition) is 0. The zero-order valence-electron chi connectivity index (χ0n) is 7.99. The zero-order valence-corrected chi connectivity index (χ0v) is 10.3. The van der Waals surface area contributed by atoms with Gasteiger partial charge in [-0.1, -0.05) is 33.6 Å². The van der Waals surface area contributed by atoms with Gasteiger partial charge in [-0.25, -0.2) is 4.98 Å². The molecule has 1 aliphatic rings. The maximum atomic E-state index is 11.5. The van der Waals surface area contributed by atoms with Crippen molar-refractivity contribution in [3.05, 3.63) is 29.0 Å². The average Bonchev–Trinajstić information content (AvgIpc) is 2.49. The van der Waals surface area contributed by atoms with Crippen LogP contribution >= 0.6 is 27.5 Å². The van der Waals surface area contributed by atoms with Gasteiger partial charge in [0.15, 0.2) is 0 Å². The Morgan fingerprint density at radius 3 is 2.93 bits per heavy atom. The summed E-state index contributed by atoms with van der Waals surface area (Å²) in [7, 11) is 0. The van der Waals surface area contributed by atoms with Crippen molar-refractivity contribution in [2.24, 2.45) is 0 Å². The second kappa shape index (κ2) is 4.49. The van der Waals surface area contributed by atoms with Gasteiger partial charge in [-0.2, -0.15) is 0 Å². The predicted octanol–water partition coefficient (Wildman–Crippen LogP) is 2.23. The third-order valence-corrected chi connectivity index (χ3v) is 3.17. The lowest BCUT2D eigenvalue weighted by Crippen LogP contribution is -2.24. The molecule has 1 aromatic heterocycles. The predicted molar refractivity (Wildman–Crippen MR) is 62.0 cm³/mol. The van der Waals surface area contributed by atoms with E-state index in [1.54, 1.807) is 12.3 Å². The number of rotatable bonds is 2. The van der Waals surface area contributed by atoms with E-state index in [-0.39, 0.29) is 10.7 Å². The molecular weight excluding hydrogens is 279 g/mol. The van der Waals surface area contributed by atoms with Gasteiger partial charge in [0.05, 0.1) is 0 Å². The molecule has 2 rings (SSSR count). The first kappa shape index (κ1) is 10.9. The normalized spacial score (nSPS) is 21.1. The van der Waals surface area contributed by atoms with Crippen molar-refractivity contribution in [1.29, 1.82) is 0 Å². The fraction of sp³-hybridized carbons (Fsp3) is 0.400. The molecule has 0 N–H and O–H groups in total. The van der Waals surface area contributed by atoms with Crippen molar-refractivity contribution in [2.75, 3.05) is 6.54 Å². The Kier molecular flexibility index (Phi) is 3.26. The van der Waals surface area contributed by atoms with Crippen LogP contribution in [-0.4, -0.2) is 27.2 Å². The Bertz CT molecular complexity index is 368. The molecule has 0 bridgehead atoms. The van der Waals surface area contributed by atoms with Crippen molar-refractivity contribution in [3.8, 4) is 0 Å². The fourth-order valence-electron chi connectivity index (χ4n) is 1.60. The van der Waals surface area contributed by atoms with E-state index in [0.29, 0.717) is 18.1 Å². The van der Waals surface area contributed by atoms with E-state index in [1.807, 2.05) is 11.0 Å². The Balaban J connectivity index is 2.03. The molecule has 80 valence electrons. The van der Waals surface area contributed by atoms with Crippen LogP contribution in [0.25, 0.3) is 0 Å². The Morgan fingerprint density at radius 1 is 1.60 bits per heavy atom. The summed E-state index contributed by atoms with van der Waals surface area (Å²) in [5.74, 6) is 0.187. The summed E-state index contributed by atoms with van der Waals surface area (Å²) in [5.41, 5.74) is 1.01. The minimum atomic E-state index is 0.187. The van der Waals surface area contributed by atoms with Crippen LogP contribution in [0.1, 0.15) is 12.0 Å². The maximum Gasteiger partial charge on any atom is 0.224 e. The van der Waals surface area contributed by atoms with E-state index in [4.69, 9.17) is 11.6 Å². The van der Waals surface area contributed by atoms with E-state index in [2.05, 4.69) is 20.9 Å². The first-order valence-corrected chi connectivity index (χ1v) is 5.97. The van der Waals surface area contributed by atoms with Crippen LogP contribution in [0.2, 0.25) is 5.15 Å². The quantitative estimate of drug-likeness (QED) is 0.618. The number of carbonyl (C=O) groups excluding carboxylic acids is 1. The number of aromatic nitrogens is 1. The lowest BCUT2D eigenvalue weighted by Gasteiger charge is -2.15. The lowest BCUT2D eigenvalue weighted by atomic mass is 10.3. The zero-order chi connectivity index (χ0) is 10.8. The number of amides is 1. The molecule has 0 radical (unpaired) electrons. The monoisotopic (exact) mass is 288 g/mol. The van der Waals surface area contributed by atoms with Gasteiger partial charge in [-0.05, 0) is 11.6 Å². The minimum Gasteiger partial charge on any atom is -0.337 e. The summed E-state index contributed by atoms with van der Waals surface area (Å²) < 4.78 is 0. The summed E-state index contributed by atoms with van der Waals surface area (Å²) in [5, 5.41) is 0.477. The maximum absolute atomic E-state index is 11.5. The number of pyridine rings is 1. The summed E-state index contributed by atoms with van der Waals surface area (Å²) in [6, 6.07) is 3.63. The van der Waals surface area contributed by atoms with E-state index in [1.165, 1.54) is 0 Å². The van der Waals surface area contributed by atoms with Crippen molar-refractivity contribution >= 4 is 33.4 Å². The fourth-order valence-corrected chi connectivity index (χ4v) is 2.34. The molecule has 0 aromatic carbocycles. The highest BCUT2D eigenvalue weighted by Gasteiger charge is 2.27. The van der Waals surface area contributed by atoms with Gasteiger partial charge in [0.1, 0.15) is 5.15 Å². The summed E-state index contributed by atoms with van der Waals surface area (Å²) in [4.78, 5) is 17.6. The van der Waals surface area contributed by atoms with Gasteiger partial charge < -0.3 is 4.90 Å². The van der Waals surface area contributed by atoms with Crippen molar-refractivity contribution in [1.82, 2.24) is 9.88 Å². The lowest BCUT2D eigenvalue weighted by molar-refractivity contribution is -0.128. The van der Waals surface area contributed by atoms with Gasteiger partial charge in [-0.15, -0.1) is 0 Å². The first-order chi connectivity index (χ1) is 7.15. The van der Waals surface area contributed by atoms with Crippen molar-refractivity contribution in [2.45, 2.75) is 17.8 Å². The van der Waals surface area contributed by atoms with Crippen LogP contribution in [0.4, 0.5) is 0 Å². The Labute approximate surface area is 102 Å². The molecule has 1 unspecified atom stereocenters. The molecule has 0 aliphatic carbocycles. The smallest absolute Gasteiger partial charge is 0.224 e. The summed E-state index contributed by atoms with van der Waals surface area (Å²) in [6.45, 7) is 1.38. The molecule has 15 heavy (non-hydrogen) atoms. The minimum absolute atomic E-state index is 0.187. The van der Waals surface area contributed by atoms with Gasteiger partial charge in [-0.3, -0.25) is 4.79 Å². The first-order valence-electron chi connectivity index (χ1n) is 4.67. The number of halogens is 2. The Morgan fingerprint density at radius 2 is 2.40 bits per heavy atom. The number of carbonyl (C=O) groups is 1. The largest absolute Gasteiger partial charge is 0.337 e. The van der Waals surface area contributed by atoms with E-state index >= 15 is 0 Å². The molecule has 0 spiro atoms. The van der Waals surface area contributed by atoms with Crippen molar-refractivity contribution in [3.63, 3.8) is 0 Å². The molecule has 1 atom stereocenters.